The van der Waals surface area contributed by atoms with E-state index in [1.807, 2.05) is 66.1 Å². The molecule has 2 aromatic heterocycles. The van der Waals surface area contributed by atoms with Gasteiger partial charge in [-0.05, 0) is 55.0 Å². The minimum Gasteiger partial charge on any atom is -0.384 e. The van der Waals surface area contributed by atoms with E-state index in [-0.39, 0.29) is 18.0 Å². The van der Waals surface area contributed by atoms with E-state index in [1.54, 1.807) is 35.3 Å². The van der Waals surface area contributed by atoms with Gasteiger partial charge in [0.15, 0.2) is 5.78 Å². The molecule has 0 bridgehead atoms. The molecule has 0 amide bonds. The molecule has 0 aliphatic heterocycles. The maximum absolute atomic E-state index is 13.2. The Bertz CT molecular complexity index is 1490. The molecular weight excluding hydrogens is 412 g/mol. The average molecular weight is 435 g/mol. The second kappa shape index (κ2) is 8.20. The Morgan fingerprint density at radius 3 is 2.55 bits per heavy atom. The number of ketones is 1. The highest BCUT2D eigenvalue weighted by molar-refractivity contribution is 5.97. The summed E-state index contributed by atoms with van der Waals surface area (Å²) in [5.74, 6) is -0.0657. The lowest BCUT2D eigenvalue weighted by Gasteiger charge is -2.09. The third kappa shape index (κ3) is 3.92. The molecule has 0 aliphatic carbocycles. The lowest BCUT2D eigenvalue weighted by Crippen LogP contribution is -2.14. The number of imidazole rings is 1. The summed E-state index contributed by atoms with van der Waals surface area (Å²) in [5.41, 5.74) is 12.0. The third-order valence-corrected chi connectivity index (χ3v) is 5.55. The molecule has 7 heteroatoms. The van der Waals surface area contributed by atoms with Gasteiger partial charge in [0.25, 0.3) is 0 Å². The maximum Gasteiger partial charge on any atom is 0.185 e. The number of carbonyl (C=O) groups is 1. The highest BCUT2D eigenvalue weighted by Gasteiger charge is 2.17. The number of carbonyl (C=O) groups excluding carboxylic acids is 1. The summed E-state index contributed by atoms with van der Waals surface area (Å²) in [4.78, 5) is 17.6. The van der Waals surface area contributed by atoms with Crippen molar-refractivity contribution in [3.8, 4) is 11.4 Å². The molecule has 162 valence electrons. The Hall–Kier alpha value is -4.52. The Morgan fingerprint density at radius 2 is 1.76 bits per heavy atom. The van der Waals surface area contributed by atoms with Crippen molar-refractivity contribution in [1.82, 2.24) is 19.3 Å². The molecule has 2 heterocycles. The van der Waals surface area contributed by atoms with Crippen molar-refractivity contribution in [2.75, 3.05) is 0 Å². The number of hydrogen-bond donors (Lipinski definition) is 2. The number of nitrogens with one attached hydrogen (secondary N) is 1. The Balaban J connectivity index is 1.41. The Kier molecular flexibility index (Phi) is 5.06. The van der Waals surface area contributed by atoms with Gasteiger partial charge < -0.3 is 5.73 Å². The van der Waals surface area contributed by atoms with Gasteiger partial charge in [-0.1, -0.05) is 36.4 Å². The Morgan fingerprint density at radius 1 is 0.970 bits per heavy atom. The topological polar surface area (TPSA) is 103 Å². The monoisotopic (exact) mass is 434 g/mol. The molecule has 5 rings (SSSR count). The van der Waals surface area contributed by atoms with Gasteiger partial charge in [-0.2, -0.15) is 5.10 Å². The van der Waals surface area contributed by atoms with Gasteiger partial charge in [0.1, 0.15) is 17.9 Å². The van der Waals surface area contributed by atoms with E-state index in [4.69, 9.17) is 11.1 Å². The van der Waals surface area contributed by atoms with Crippen LogP contribution in [0.4, 0.5) is 0 Å². The molecule has 0 radical (unpaired) electrons. The molecule has 0 fully saturated rings. The van der Waals surface area contributed by atoms with Crippen LogP contribution >= 0.6 is 0 Å². The number of nitrogen functional groups attached to an aromatic ring is 1. The number of nitrogens with two attached hydrogens (primary N) is 1. The molecule has 3 aromatic carbocycles. The minimum atomic E-state index is -0.0374. The number of Topliss-reactive ketones (excluding diaryl/α,β-unsaturated/α-hetero) is 1. The molecule has 0 saturated heterocycles. The summed E-state index contributed by atoms with van der Waals surface area (Å²) in [6, 6.07) is 24.8. The highest BCUT2D eigenvalue weighted by Crippen LogP contribution is 2.20. The predicted molar refractivity (Wildman–Crippen MR) is 128 cm³/mol. The molecule has 7 nitrogen and oxygen atoms in total. The van der Waals surface area contributed by atoms with Crippen LogP contribution in [0.5, 0.6) is 0 Å². The molecule has 3 N–H and O–H groups in total. The van der Waals surface area contributed by atoms with Crippen molar-refractivity contribution in [2.45, 2.75) is 13.3 Å². The van der Waals surface area contributed by atoms with Crippen LogP contribution in [0.15, 0.2) is 85.2 Å². The van der Waals surface area contributed by atoms with E-state index >= 15 is 0 Å². The van der Waals surface area contributed by atoms with Crippen molar-refractivity contribution < 1.29 is 4.79 Å². The van der Waals surface area contributed by atoms with Gasteiger partial charge in [-0.15, -0.1) is 0 Å². The predicted octanol–water partition coefficient (Wildman–Crippen LogP) is 4.23. The highest BCUT2D eigenvalue weighted by atomic mass is 16.1. The first-order valence-electron chi connectivity index (χ1n) is 10.6. The smallest absolute Gasteiger partial charge is 0.185 e. The second-order valence-corrected chi connectivity index (χ2v) is 7.92. The van der Waals surface area contributed by atoms with Crippen LogP contribution in [-0.4, -0.2) is 31.0 Å². The number of fused-ring (bicyclic) bond motifs is 1. The van der Waals surface area contributed by atoms with Gasteiger partial charge >= 0.3 is 0 Å². The standard InChI is InChI=1S/C26H22N6O/c1-17-13-24(32(30-17)21-6-4-5-19(15-21)26(27)28)25(33)14-18-9-11-20(12-10-18)31-16-29-22-7-2-3-8-23(22)31/h2-13,15-16H,14H2,1H3,(H3,27,28). The molecule has 0 saturated carbocycles. The molecule has 0 unspecified atom stereocenters. The largest absolute Gasteiger partial charge is 0.384 e. The van der Waals surface area contributed by atoms with E-state index in [2.05, 4.69) is 10.1 Å². The molecule has 0 spiro atoms. The van der Waals surface area contributed by atoms with E-state index in [0.29, 0.717) is 16.9 Å². The lowest BCUT2D eigenvalue weighted by molar-refractivity contribution is 0.0985. The first-order valence-corrected chi connectivity index (χ1v) is 10.6. The van der Waals surface area contributed by atoms with Crippen LogP contribution in [0.25, 0.3) is 22.4 Å². The van der Waals surface area contributed by atoms with Crippen molar-refractivity contribution in [3.05, 3.63) is 108 Å². The van der Waals surface area contributed by atoms with Gasteiger partial charge in [-0.3, -0.25) is 14.8 Å². The van der Waals surface area contributed by atoms with E-state index in [9.17, 15) is 4.79 Å². The second-order valence-electron chi connectivity index (χ2n) is 7.92. The lowest BCUT2D eigenvalue weighted by atomic mass is 10.1. The van der Waals surface area contributed by atoms with Crippen LogP contribution in [0.2, 0.25) is 0 Å². The number of nitrogens with zero attached hydrogens (tertiary/aromatic N) is 4. The van der Waals surface area contributed by atoms with Gasteiger partial charge in [0.2, 0.25) is 0 Å². The number of hydrogen-bond acceptors (Lipinski definition) is 4. The number of para-hydroxylation sites is 2. The number of amidine groups is 1. The van der Waals surface area contributed by atoms with E-state index in [0.717, 1.165) is 28.0 Å². The fraction of sp³-hybridized carbons (Fsp3) is 0.0769. The van der Waals surface area contributed by atoms with Crippen LogP contribution in [0, 0.1) is 12.3 Å². The van der Waals surface area contributed by atoms with Crippen molar-refractivity contribution >= 4 is 22.7 Å². The van der Waals surface area contributed by atoms with Gasteiger partial charge in [0, 0.05) is 17.7 Å². The normalized spacial score (nSPS) is 11.1. The summed E-state index contributed by atoms with van der Waals surface area (Å²) >= 11 is 0. The number of aromatic nitrogens is 4. The van der Waals surface area contributed by atoms with Crippen molar-refractivity contribution in [3.63, 3.8) is 0 Å². The fourth-order valence-electron chi connectivity index (χ4n) is 3.92. The quantitative estimate of drug-likeness (QED) is 0.237. The number of rotatable bonds is 6. The Labute approximate surface area is 190 Å². The third-order valence-electron chi connectivity index (χ3n) is 5.55. The van der Waals surface area contributed by atoms with Crippen molar-refractivity contribution in [2.24, 2.45) is 5.73 Å². The number of aryl methyl sites for hydroxylation is 1. The molecule has 33 heavy (non-hydrogen) atoms. The number of benzene rings is 3. The SMILES string of the molecule is Cc1cc(C(=O)Cc2ccc(-n3cnc4ccccc43)cc2)n(-c2cccc(C(=N)N)c2)n1. The van der Waals surface area contributed by atoms with E-state index in [1.165, 1.54) is 0 Å². The van der Waals surface area contributed by atoms with Crippen molar-refractivity contribution in [1.29, 1.82) is 5.41 Å². The summed E-state index contributed by atoms with van der Waals surface area (Å²) < 4.78 is 3.65. The summed E-state index contributed by atoms with van der Waals surface area (Å²) in [6.07, 6.45) is 2.06. The minimum absolute atomic E-state index is 0.0284. The average Bonchev–Trinajstić information content (AvgIpc) is 3.43. The van der Waals surface area contributed by atoms with Crippen LogP contribution in [-0.2, 0) is 6.42 Å². The molecule has 0 atom stereocenters. The maximum atomic E-state index is 13.2. The zero-order valence-electron chi connectivity index (χ0n) is 18.1. The zero-order chi connectivity index (χ0) is 22.9. The van der Waals surface area contributed by atoms with Crippen LogP contribution < -0.4 is 5.73 Å². The van der Waals surface area contributed by atoms with Crippen LogP contribution in [0.3, 0.4) is 0 Å². The molecule has 0 aliphatic rings. The van der Waals surface area contributed by atoms with Crippen LogP contribution in [0.1, 0.15) is 27.3 Å². The molecule has 5 aromatic rings. The first-order chi connectivity index (χ1) is 16.0. The van der Waals surface area contributed by atoms with Gasteiger partial charge in [-0.25, -0.2) is 9.67 Å². The summed E-state index contributed by atoms with van der Waals surface area (Å²) in [7, 11) is 0. The first kappa shape index (κ1) is 20.4. The zero-order valence-corrected chi connectivity index (χ0v) is 18.1. The fourth-order valence-corrected chi connectivity index (χ4v) is 3.92. The summed E-state index contributed by atoms with van der Waals surface area (Å²) in [6.45, 7) is 1.85. The molecular formula is C26H22N6O. The summed E-state index contributed by atoms with van der Waals surface area (Å²) in [5, 5.41) is 12.2. The van der Waals surface area contributed by atoms with E-state index < -0.39 is 0 Å². The van der Waals surface area contributed by atoms with Gasteiger partial charge in [0.05, 0.1) is 22.4 Å².